The van der Waals surface area contributed by atoms with Crippen LogP contribution in [0.25, 0.3) is 0 Å². The molecule has 2 rings (SSSR count). The first kappa shape index (κ1) is 11.6. The molecule has 84 valence electrons. The molecule has 0 bridgehead atoms. The van der Waals surface area contributed by atoms with Crippen molar-refractivity contribution in [2.75, 3.05) is 0 Å². The molecule has 0 saturated heterocycles. The van der Waals surface area contributed by atoms with Crippen LogP contribution >= 0.6 is 34.5 Å². The molecule has 0 saturated carbocycles. The van der Waals surface area contributed by atoms with Gasteiger partial charge in [-0.05, 0) is 23.7 Å². The first-order chi connectivity index (χ1) is 7.66. The van der Waals surface area contributed by atoms with Crippen molar-refractivity contribution in [1.29, 1.82) is 0 Å². The highest BCUT2D eigenvalue weighted by Crippen LogP contribution is 2.28. The van der Waals surface area contributed by atoms with Gasteiger partial charge in [-0.25, -0.2) is 4.39 Å². The Labute approximate surface area is 105 Å². The maximum Gasteiger partial charge on any atom is 0.207 e. The van der Waals surface area contributed by atoms with Gasteiger partial charge in [-0.15, -0.1) is 10.2 Å². The van der Waals surface area contributed by atoms with Crippen molar-refractivity contribution in [3.05, 3.63) is 38.5 Å². The van der Waals surface area contributed by atoms with Gasteiger partial charge in [0, 0.05) is 0 Å². The zero-order valence-electron chi connectivity index (χ0n) is 7.78. The highest BCUT2D eigenvalue weighted by atomic mass is 35.5. The Balaban J connectivity index is 2.10. The molecular weight excluding hydrogens is 274 g/mol. The van der Waals surface area contributed by atoms with Crippen molar-refractivity contribution in [2.45, 2.75) is 6.61 Å². The Morgan fingerprint density at radius 3 is 2.75 bits per heavy atom. The van der Waals surface area contributed by atoms with E-state index in [9.17, 15) is 4.39 Å². The van der Waals surface area contributed by atoms with Gasteiger partial charge in [0.05, 0.1) is 5.02 Å². The largest absolute Gasteiger partial charge is 0.482 e. The van der Waals surface area contributed by atoms with E-state index in [-0.39, 0.29) is 17.4 Å². The molecule has 0 amide bonds. The van der Waals surface area contributed by atoms with Crippen LogP contribution in [0.15, 0.2) is 18.2 Å². The van der Waals surface area contributed by atoms with Crippen LogP contribution in [0.4, 0.5) is 4.39 Å². The molecule has 0 aliphatic rings. The smallest absolute Gasteiger partial charge is 0.207 e. The van der Waals surface area contributed by atoms with E-state index in [2.05, 4.69) is 10.2 Å². The Bertz CT molecular complexity index is 486. The molecule has 1 aromatic heterocycles. The summed E-state index contributed by atoms with van der Waals surface area (Å²) in [6.07, 6.45) is 0. The average Bonchev–Trinajstić information content (AvgIpc) is 2.63. The lowest BCUT2D eigenvalue weighted by Crippen LogP contribution is -1.97. The van der Waals surface area contributed by atoms with Gasteiger partial charge in [-0.1, -0.05) is 29.0 Å². The van der Waals surface area contributed by atoms with Gasteiger partial charge in [0.25, 0.3) is 0 Å². The molecule has 0 unspecified atom stereocenters. The summed E-state index contributed by atoms with van der Waals surface area (Å²) in [5.74, 6) is -0.501. The predicted octanol–water partition coefficient (Wildman–Crippen LogP) is 3.56. The molecule has 16 heavy (non-hydrogen) atoms. The summed E-state index contributed by atoms with van der Waals surface area (Å²) in [5.41, 5.74) is 0. The Morgan fingerprint density at radius 2 is 2.12 bits per heavy atom. The van der Waals surface area contributed by atoms with E-state index in [1.54, 1.807) is 6.07 Å². The van der Waals surface area contributed by atoms with Crippen molar-refractivity contribution in [3.8, 4) is 5.75 Å². The minimum atomic E-state index is -0.511. The molecule has 0 N–H and O–H groups in total. The molecular formula is C9H5Cl2FN2OS. The fourth-order valence-electron chi connectivity index (χ4n) is 1.05. The maximum atomic E-state index is 13.3. The van der Waals surface area contributed by atoms with Gasteiger partial charge in [-0.2, -0.15) is 0 Å². The summed E-state index contributed by atoms with van der Waals surface area (Å²) < 4.78 is 18.8. The number of nitrogens with zero attached hydrogens (tertiary/aromatic N) is 2. The van der Waals surface area contributed by atoms with Gasteiger partial charge >= 0.3 is 0 Å². The predicted molar refractivity (Wildman–Crippen MR) is 60.7 cm³/mol. The first-order valence-corrected chi connectivity index (χ1v) is 5.79. The van der Waals surface area contributed by atoms with Crippen LogP contribution in [-0.2, 0) is 6.61 Å². The van der Waals surface area contributed by atoms with Crippen molar-refractivity contribution >= 4 is 34.5 Å². The van der Waals surface area contributed by atoms with Gasteiger partial charge in [-0.3, -0.25) is 0 Å². The molecule has 1 aromatic carbocycles. The monoisotopic (exact) mass is 278 g/mol. The number of hydrogen-bond acceptors (Lipinski definition) is 4. The fourth-order valence-corrected chi connectivity index (χ4v) is 2.04. The highest BCUT2D eigenvalue weighted by molar-refractivity contribution is 7.15. The fraction of sp³-hybridized carbons (Fsp3) is 0.111. The number of halogens is 3. The van der Waals surface area contributed by atoms with Crippen molar-refractivity contribution < 1.29 is 9.13 Å². The lowest BCUT2D eigenvalue weighted by Gasteiger charge is -2.06. The lowest BCUT2D eigenvalue weighted by atomic mass is 10.3. The molecule has 0 radical (unpaired) electrons. The number of rotatable bonds is 3. The first-order valence-electron chi connectivity index (χ1n) is 4.21. The molecule has 0 atom stereocenters. The molecule has 0 spiro atoms. The number of para-hydroxylation sites is 1. The number of aromatic nitrogens is 2. The number of hydrogen-bond donors (Lipinski definition) is 0. The van der Waals surface area contributed by atoms with Crippen LogP contribution in [0.3, 0.4) is 0 Å². The molecule has 0 aliphatic carbocycles. The van der Waals surface area contributed by atoms with E-state index < -0.39 is 5.82 Å². The second-order valence-electron chi connectivity index (χ2n) is 2.79. The Morgan fingerprint density at radius 1 is 1.31 bits per heavy atom. The third-order valence-electron chi connectivity index (χ3n) is 1.70. The van der Waals surface area contributed by atoms with Crippen LogP contribution in [-0.4, -0.2) is 10.2 Å². The third-order valence-corrected chi connectivity index (χ3v) is 2.99. The maximum absolute atomic E-state index is 13.3. The minimum absolute atomic E-state index is 0.00971. The van der Waals surface area contributed by atoms with Crippen molar-refractivity contribution in [3.63, 3.8) is 0 Å². The van der Waals surface area contributed by atoms with Gasteiger partial charge in [0.15, 0.2) is 16.6 Å². The number of ether oxygens (including phenoxy) is 1. The SMILES string of the molecule is Fc1cccc(Cl)c1OCc1nnc(Cl)s1. The molecule has 0 fully saturated rings. The summed E-state index contributed by atoms with van der Waals surface area (Å²) in [7, 11) is 0. The Kier molecular flexibility index (Phi) is 3.58. The Hall–Kier alpha value is -0.910. The topological polar surface area (TPSA) is 35.0 Å². The van der Waals surface area contributed by atoms with E-state index in [4.69, 9.17) is 27.9 Å². The van der Waals surface area contributed by atoms with Crippen molar-refractivity contribution in [2.24, 2.45) is 0 Å². The quantitative estimate of drug-likeness (QED) is 0.861. The summed E-state index contributed by atoms with van der Waals surface area (Å²) >= 11 is 12.5. The third kappa shape index (κ3) is 2.61. The summed E-state index contributed by atoms with van der Waals surface area (Å²) in [6, 6.07) is 4.33. The summed E-state index contributed by atoms with van der Waals surface area (Å²) in [6.45, 7) is 0.0883. The minimum Gasteiger partial charge on any atom is -0.482 e. The van der Waals surface area contributed by atoms with E-state index in [1.165, 1.54) is 23.5 Å². The average molecular weight is 279 g/mol. The molecule has 0 aliphatic heterocycles. The van der Waals surface area contributed by atoms with Crippen molar-refractivity contribution in [1.82, 2.24) is 10.2 Å². The summed E-state index contributed by atoms with van der Waals surface area (Å²) in [4.78, 5) is 0. The second kappa shape index (κ2) is 4.95. The van der Waals surface area contributed by atoms with Gasteiger partial charge in [0.1, 0.15) is 6.61 Å². The van der Waals surface area contributed by atoms with Crippen LogP contribution in [0.1, 0.15) is 5.01 Å². The van der Waals surface area contributed by atoms with Crippen LogP contribution in [0.2, 0.25) is 9.49 Å². The van der Waals surface area contributed by atoms with Crippen LogP contribution < -0.4 is 4.74 Å². The number of benzene rings is 1. The molecule has 1 heterocycles. The van der Waals surface area contributed by atoms with E-state index in [0.29, 0.717) is 9.47 Å². The molecule has 2 aromatic rings. The zero-order chi connectivity index (χ0) is 11.5. The van der Waals surface area contributed by atoms with Gasteiger partial charge < -0.3 is 4.74 Å². The molecule has 7 heteroatoms. The standard InChI is InChI=1S/C9H5Cl2FN2OS/c10-5-2-1-3-6(12)8(5)15-4-7-13-14-9(11)16-7/h1-3H,4H2. The lowest BCUT2D eigenvalue weighted by molar-refractivity contribution is 0.289. The molecule has 3 nitrogen and oxygen atoms in total. The summed E-state index contributed by atoms with van der Waals surface area (Å²) in [5, 5.41) is 8.11. The van der Waals surface area contributed by atoms with Gasteiger partial charge in [0.2, 0.25) is 4.47 Å². The van der Waals surface area contributed by atoms with Crippen LogP contribution in [0, 0.1) is 5.82 Å². The van der Waals surface area contributed by atoms with E-state index in [0.717, 1.165) is 0 Å². The van der Waals surface area contributed by atoms with E-state index in [1.807, 2.05) is 0 Å². The van der Waals surface area contributed by atoms with E-state index >= 15 is 0 Å². The highest BCUT2D eigenvalue weighted by Gasteiger charge is 2.09. The van der Waals surface area contributed by atoms with Crippen LogP contribution in [0.5, 0.6) is 5.75 Å². The zero-order valence-corrected chi connectivity index (χ0v) is 10.1. The normalized spacial score (nSPS) is 10.4. The second-order valence-corrected chi connectivity index (χ2v) is 4.84.